The van der Waals surface area contributed by atoms with Crippen LogP contribution in [0.1, 0.15) is 37.1 Å². The van der Waals surface area contributed by atoms with Crippen molar-refractivity contribution in [3.8, 4) is 0 Å². The van der Waals surface area contributed by atoms with Crippen molar-refractivity contribution in [3.05, 3.63) is 76.8 Å². The molecule has 0 fully saturated rings. The Labute approximate surface area is 153 Å². The topological polar surface area (TPSA) is 42.0 Å². The van der Waals surface area contributed by atoms with Crippen LogP contribution in [0.5, 0.6) is 0 Å². The number of carbonyl (C=O) groups is 1. The van der Waals surface area contributed by atoms with E-state index in [0.717, 1.165) is 34.4 Å². The van der Waals surface area contributed by atoms with Gasteiger partial charge in [0, 0.05) is 5.38 Å². The van der Waals surface area contributed by atoms with Crippen LogP contribution in [0.25, 0.3) is 5.57 Å². The largest absolute Gasteiger partial charge is 0.302 e. The minimum atomic E-state index is -0.0524. The number of aryl methyl sites for hydroxylation is 1. The SMILES string of the molecule is C=C(/C=C\C(=C/C)c1csc(NC(=O)Cc2cccc(C)c2)n1)CC. The molecule has 25 heavy (non-hydrogen) atoms. The zero-order chi connectivity index (χ0) is 18.2. The third kappa shape index (κ3) is 5.84. The highest BCUT2D eigenvalue weighted by atomic mass is 32.1. The second-order valence-corrected chi connectivity index (χ2v) is 6.70. The van der Waals surface area contributed by atoms with Crippen LogP contribution in [0.3, 0.4) is 0 Å². The quantitative estimate of drug-likeness (QED) is 0.663. The lowest BCUT2D eigenvalue weighted by Crippen LogP contribution is -2.14. The molecule has 0 radical (unpaired) electrons. The summed E-state index contributed by atoms with van der Waals surface area (Å²) in [7, 11) is 0. The molecule has 1 heterocycles. The van der Waals surface area contributed by atoms with E-state index in [1.165, 1.54) is 11.3 Å². The highest BCUT2D eigenvalue weighted by molar-refractivity contribution is 7.14. The number of nitrogens with zero attached hydrogens (tertiary/aromatic N) is 1. The molecule has 0 atom stereocenters. The Morgan fingerprint density at radius 1 is 1.36 bits per heavy atom. The van der Waals surface area contributed by atoms with E-state index in [0.29, 0.717) is 11.6 Å². The van der Waals surface area contributed by atoms with Crippen LogP contribution >= 0.6 is 11.3 Å². The van der Waals surface area contributed by atoms with Gasteiger partial charge in [0.1, 0.15) is 0 Å². The molecule has 2 aromatic rings. The number of aromatic nitrogens is 1. The normalized spacial score (nSPS) is 11.7. The van der Waals surface area contributed by atoms with E-state index in [1.54, 1.807) is 0 Å². The summed E-state index contributed by atoms with van der Waals surface area (Å²) in [6.07, 6.45) is 7.30. The van der Waals surface area contributed by atoms with Gasteiger partial charge < -0.3 is 5.32 Å². The van der Waals surface area contributed by atoms with Gasteiger partial charge in [-0.1, -0.05) is 67.1 Å². The van der Waals surface area contributed by atoms with E-state index in [1.807, 2.05) is 61.7 Å². The number of carbonyl (C=O) groups excluding carboxylic acids is 1. The van der Waals surface area contributed by atoms with Gasteiger partial charge in [-0.05, 0) is 31.4 Å². The van der Waals surface area contributed by atoms with Crippen LogP contribution in [0.4, 0.5) is 5.13 Å². The number of hydrogen-bond acceptors (Lipinski definition) is 3. The molecular formula is C21H24N2OS. The van der Waals surface area contributed by atoms with Gasteiger partial charge in [-0.2, -0.15) is 0 Å². The highest BCUT2D eigenvalue weighted by Crippen LogP contribution is 2.23. The number of anilines is 1. The van der Waals surface area contributed by atoms with E-state index in [9.17, 15) is 4.79 Å². The van der Waals surface area contributed by atoms with Crippen LogP contribution < -0.4 is 5.32 Å². The third-order valence-corrected chi connectivity index (χ3v) is 4.51. The van der Waals surface area contributed by atoms with Gasteiger partial charge in [-0.15, -0.1) is 11.3 Å². The Morgan fingerprint density at radius 3 is 2.84 bits per heavy atom. The predicted molar refractivity (Wildman–Crippen MR) is 108 cm³/mol. The van der Waals surface area contributed by atoms with Crippen LogP contribution in [-0.2, 0) is 11.2 Å². The van der Waals surface area contributed by atoms with E-state index in [4.69, 9.17) is 0 Å². The van der Waals surface area contributed by atoms with Gasteiger partial charge >= 0.3 is 0 Å². The number of hydrogen-bond donors (Lipinski definition) is 1. The number of nitrogens with one attached hydrogen (secondary N) is 1. The predicted octanol–water partition coefficient (Wildman–Crippen LogP) is 5.56. The van der Waals surface area contributed by atoms with Crippen LogP contribution in [-0.4, -0.2) is 10.9 Å². The average molecular weight is 353 g/mol. The van der Waals surface area contributed by atoms with Crippen molar-refractivity contribution >= 4 is 27.9 Å². The smallest absolute Gasteiger partial charge is 0.230 e. The summed E-state index contributed by atoms with van der Waals surface area (Å²) in [6, 6.07) is 7.97. The highest BCUT2D eigenvalue weighted by Gasteiger charge is 2.09. The lowest BCUT2D eigenvalue weighted by Gasteiger charge is -2.03. The Balaban J connectivity index is 2.01. The molecule has 3 nitrogen and oxygen atoms in total. The molecule has 1 amide bonds. The van der Waals surface area contributed by atoms with Gasteiger partial charge in [0.15, 0.2) is 5.13 Å². The standard InChI is InChI=1S/C21H24N2OS/c1-5-15(3)10-11-18(6-2)19-14-25-21(22-19)23-20(24)13-17-9-7-8-16(4)12-17/h6-12,14H,3,5,13H2,1-2,4H3,(H,22,23,24)/b11-10-,18-6+. The molecule has 0 spiro atoms. The maximum Gasteiger partial charge on any atom is 0.230 e. The zero-order valence-electron chi connectivity index (χ0n) is 15.0. The molecule has 0 unspecified atom stereocenters. The van der Waals surface area contributed by atoms with E-state index in [2.05, 4.69) is 23.8 Å². The van der Waals surface area contributed by atoms with Crippen LogP contribution in [0.15, 0.2) is 60.0 Å². The van der Waals surface area contributed by atoms with Crippen molar-refractivity contribution in [1.82, 2.24) is 4.98 Å². The molecule has 4 heteroatoms. The number of allylic oxidation sites excluding steroid dienone is 5. The maximum atomic E-state index is 12.2. The Kier molecular flexibility index (Phi) is 6.90. The van der Waals surface area contributed by atoms with Crippen molar-refractivity contribution in [2.24, 2.45) is 0 Å². The molecule has 2 rings (SSSR count). The monoisotopic (exact) mass is 352 g/mol. The van der Waals surface area contributed by atoms with Crippen molar-refractivity contribution in [2.45, 2.75) is 33.6 Å². The molecule has 0 bridgehead atoms. The molecule has 0 saturated heterocycles. The van der Waals surface area contributed by atoms with Gasteiger partial charge in [0.05, 0.1) is 12.1 Å². The first-order chi connectivity index (χ1) is 12.0. The molecular weight excluding hydrogens is 328 g/mol. The van der Waals surface area contributed by atoms with Gasteiger partial charge in [0.25, 0.3) is 0 Å². The maximum absolute atomic E-state index is 12.2. The summed E-state index contributed by atoms with van der Waals surface area (Å²) in [5.74, 6) is -0.0524. The Bertz CT molecular complexity index is 815. The summed E-state index contributed by atoms with van der Waals surface area (Å²) in [6.45, 7) is 10.0. The molecule has 1 N–H and O–H groups in total. The summed E-state index contributed by atoms with van der Waals surface area (Å²) in [5, 5.41) is 5.46. The van der Waals surface area contributed by atoms with E-state index in [-0.39, 0.29) is 5.91 Å². The second-order valence-electron chi connectivity index (χ2n) is 5.84. The van der Waals surface area contributed by atoms with Gasteiger partial charge in [-0.25, -0.2) is 4.98 Å². The van der Waals surface area contributed by atoms with Crippen LogP contribution in [0, 0.1) is 6.92 Å². The third-order valence-electron chi connectivity index (χ3n) is 3.76. The number of benzene rings is 1. The molecule has 0 aliphatic rings. The summed E-state index contributed by atoms with van der Waals surface area (Å²) < 4.78 is 0. The summed E-state index contributed by atoms with van der Waals surface area (Å²) in [5.41, 5.74) is 5.11. The molecule has 0 aliphatic heterocycles. The first kappa shape index (κ1) is 18.9. The van der Waals surface area contributed by atoms with Crippen LogP contribution in [0.2, 0.25) is 0 Å². The molecule has 1 aromatic heterocycles. The zero-order valence-corrected chi connectivity index (χ0v) is 15.8. The lowest BCUT2D eigenvalue weighted by molar-refractivity contribution is -0.115. The van der Waals surface area contributed by atoms with Crippen molar-refractivity contribution in [3.63, 3.8) is 0 Å². The van der Waals surface area contributed by atoms with E-state index < -0.39 is 0 Å². The Morgan fingerprint density at radius 2 is 2.16 bits per heavy atom. The van der Waals surface area contributed by atoms with Crippen molar-refractivity contribution in [1.29, 1.82) is 0 Å². The fourth-order valence-corrected chi connectivity index (χ4v) is 3.03. The fraction of sp³-hybridized carbons (Fsp3) is 0.238. The lowest BCUT2D eigenvalue weighted by atomic mass is 10.1. The van der Waals surface area contributed by atoms with Crippen molar-refractivity contribution in [2.75, 3.05) is 5.32 Å². The number of thiazole rings is 1. The molecule has 130 valence electrons. The van der Waals surface area contributed by atoms with Gasteiger partial charge in [-0.3, -0.25) is 4.79 Å². The van der Waals surface area contributed by atoms with Gasteiger partial charge in [0.2, 0.25) is 5.91 Å². The number of amides is 1. The van der Waals surface area contributed by atoms with Crippen molar-refractivity contribution < 1.29 is 4.79 Å². The molecule has 1 aromatic carbocycles. The first-order valence-electron chi connectivity index (χ1n) is 8.35. The van der Waals surface area contributed by atoms with E-state index >= 15 is 0 Å². The average Bonchev–Trinajstić information content (AvgIpc) is 3.03. The Hall–Kier alpha value is -2.46. The fourth-order valence-electron chi connectivity index (χ4n) is 2.29. The first-order valence-corrected chi connectivity index (χ1v) is 9.23. The number of rotatable bonds is 7. The second kappa shape index (κ2) is 9.14. The minimum absolute atomic E-state index is 0.0524. The minimum Gasteiger partial charge on any atom is -0.302 e. The molecule has 0 aliphatic carbocycles. The summed E-state index contributed by atoms with van der Waals surface area (Å²) in [4.78, 5) is 16.7. The molecule has 0 saturated carbocycles. The summed E-state index contributed by atoms with van der Waals surface area (Å²) >= 11 is 1.44.